The fourth-order valence-electron chi connectivity index (χ4n) is 3.67. The highest BCUT2D eigenvalue weighted by atomic mass is 35.5. The number of piperidine rings is 1. The van der Waals surface area contributed by atoms with Crippen LogP contribution in [0.3, 0.4) is 0 Å². The predicted octanol–water partition coefficient (Wildman–Crippen LogP) is 1.37. The maximum absolute atomic E-state index is 13.1. The van der Waals surface area contributed by atoms with E-state index in [0.717, 1.165) is 38.0 Å². The number of hydrogen-bond donors (Lipinski definition) is 1. The molecule has 26 heavy (non-hydrogen) atoms. The molecule has 3 heterocycles. The minimum absolute atomic E-state index is 0. The molecule has 1 atom stereocenters. The van der Waals surface area contributed by atoms with E-state index in [-0.39, 0.29) is 36.3 Å². The summed E-state index contributed by atoms with van der Waals surface area (Å²) < 4.78 is 0. The van der Waals surface area contributed by atoms with Crippen LogP contribution in [-0.4, -0.2) is 78.4 Å². The second-order valence-corrected chi connectivity index (χ2v) is 6.98. The number of urea groups is 1. The molecule has 3 rings (SSSR count). The highest BCUT2D eigenvalue weighted by Crippen LogP contribution is 2.27. The van der Waals surface area contributed by atoms with Crippen molar-refractivity contribution in [3.8, 4) is 0 Å². The molecule has 0 bridgehead atoms. The number of aromatic nitrogens is 1. The summed E-state index contributed by atoms with van der Waals surface area (Å²) in [6.07, 6.45) is 5.07. The van der Waals surface area contributed by atoms with Crippen LogP contribution in [0.1, 0.15) is 24.4 Å². The summed E-state index contributed by atoms with van der Waals surface area (Å²) in [5.74, 6) is 0.218. The third kappa shape index (κ3) is 4.45. The van der Waals surface area contributed by atoms with Gasteiger partial charge in [0.2, 0.25) is 5.91 Å². The van der Waals surface area contributed by atoms with E-state index in [1.165, 1.54) is 0 Å². The topological polar surface area (TPSA) is 68.8 Å². The van der Waals surface area contributed by atoms with Crippen molar-refractivity contribution in [3.05, 3.63) is 30.1 Å². The first-order chi connectivity index (χ1) is 12.1. The summed E-state index contributed by atoms with van der Waals surface area (Å²) in [5, 5.41) is 3.38. The molecule has 0 aliphatic carbocycles. The summed E-state index contributed by atoms with van der Waals surface area (Å²) >= 11 is 0. The van der Waals surface area contributed by atoms with Crippen LogP contribution >= 0.6 is 12.4 Å². The lowest BCUT2D eigenvalue weighted by Gasteiger charge is -2.40. The fourth-order valence-corrected chi connectivity index (χ4v) is 3.67. The van der Waals surface area contributed by atoms with Crippen LogP contribution in [0, 0.1) is 5.92 Å². The lowest BCUT2D eigenvalue weighted by molar-refractivity contribution is -0.140. The number of piperazine rings is 1. The van der Waals surface area contributed by atoms with E-state index in [9.17, 15) is 9.59 Å². The van der Waals surface area contributed by atoms with Crippen LogP contribution < -0.4 is 5.32 Å². The molecule has 1 aromatic rings. The third-order valence-electron chi connectivity index (χ3n) is 5.09. The molecule has 8 heteroatoms. The SMILES string of the molecule is CN(C)C(=O)N1CCC(C(=O)N2CCNCC2c2cccnc2)CC1.Cl. The molecule has 2 aliphatic heterocycles. The molecule has 0 radical (unpaired) electrons. The van der Waals surface area contributed by atoms with Gasteiger partial charge in [-0.2, -0.15) is 0 Å². The van der Waals surface area contributed by atoms with Gasteiger partial charge >= 0.3 is 6.03 Å². The lowest BCUT2D eigenvalue weighted by atomic mass is 9.93. The number of likely N-dealkylation sites (tertiary alicyclic amines) is 1. The highest BCUT2D eigenvalue weighted by Gasteiger charge is 2.35. The van der Waals surface area contributed by atoms with Gasteiger partial charge in [-0.3, -0.25) is 9.78 Å². The average Bonchev–Trinajstić information content (AvgIpc) is 2.67. The molecule has 0 spiro atoms. The largest absolute Gasteiger partial charge is 0.333 e. The Balaban J connectivity index is 0.00000243. The van der Waals surface area contributed by atoms with E-state index in [4.69, 9.17) is 0 Å². The van der Waals surface area contributed by atoms with Crippen LogP contribution in [0.5, 0.6) is 0 Å². The molecule has 2 fully saturated rings. The van der Waals surface area contributed by atoms with E-state index in [1.807, 2.05) is 28.1 Å². The zero-order chi connectivity index (χ0) is 17.8. The standard InChI is InChI=1S/C18H27N5O2.ClH/c1-21(2)18(25)22-9-5-14(6-10-22)17(24)23-11-8-20-13-16(23)15-4-3-7-19-12-15;/h3-4,7,12,14,16,20H,5-6,8-11,13H2,1-2H3;1H. The van der Waals surface area contributed by atoms with Crippen molar-refractivity contribution in [2.45, 2.75) is 18.9 Å². The Bertz CT molecular complexity index is 605. The maximum atomic E-state index is 13.1. The molecule has 3 amide bonds. The van der Waals surface area contributed by atoms with Gasteiger partial charge in [-0.15, -0.1) is 12.4 Å². The van der Waals surface area contributed by atoms with Crippen molar-refractivity contribution in [1.82, 2.24) is 25.0 Å². The van der Waals surface area contributed by atoms with Gasteiger partial charge in [-0.25, -0.2) is 4.79 Å². The zero-order valence-electron chi connectivity index (χ0n) is 15.4. The molecule has 1 unspecified atom stereocenters. The molecule has 1 aromatic heterocycles. The number of rotatable bonds is 2. The summed E-state index contributed by atoms with van der Waals surface area (Å²) in [4.78, 5) is 34.8. The highest BCUT2D eigenvalue weighted by molar-refractivity contribution is 5.85. The van der Waals surface area contributed by atoms with Gasteiger partial charge in [0, 0.05) is 65.1 Å². The van der Waals surface area contributed by atoms with Gasteiger partial charge in [0.1, 0.15) is 0 Å². The summed E-state index contributed by atoms with van der Waals surface area (Å²) in [5.41, 5.74) is 1.07. The summed E-state index contributed by atoms with van der Waals surface area (Å²) in [6.45, 7) is 3.60. The Kier molecular flexibility index (Phi) is 7.23. The number of carbonyl (C=O) groups excluding carboxylic acids is 2. The second kappa shape index (κ2) is 9.19. The number of amides is 3. The van der Waals surface area contributed by atoms with Crippen molar-refractivity contribution in [2.24, 2.45) is 5.92 Å². The normalized spacial score (nSPS) is 21.1. The zero-order valence-corrected chi connectivity index (χ0v) is 16.2. The monoisotopic (exact) mass is 381 g/mol. The first-order valence-corrected chi connectivity index (χ1v) is 8.95. The van der Waals surface area contributed by atoms with Gasteiger partial charge < -0.3 is 20.0 Å². The fraction of sp³-hybridized carbons (Fsp3) is 0.611. The van der Waals surface area contributed by atoms with Gasteiger partial charge in [-0.05, 0) is 24.5 Å². The van der Waals surface area contributed by atoms with Crippen LogP contribution in [0.2, 0.25) is 0 Å². The van der Waals surface area contributed by atoms with Crippen LogP contribution in [0.4, 0.5) is 4.79 Å². The Morgan fingerprint density at radius 3 is 2.58 bits per heavy atom. The smallest absolute Gasteiger partial charge is 0.319 e. The number of pyridine rings is 1. The van der Waals surface area contributed by atoms with E-state index in [0.29, 0.717) is 13.1 Å². The molecule has 0 aromatic carbocycles. The predicted molar refractivity (Wildman–Crippen MR) is 102 cm³/mol. The van der Waals surface area contributed by atoms with E-state index < -0.39 is 0 Å². The minimum atomic E-state index is 0. The first kappa shape index (κ1) is 20.5. The second-order valence-electron chi connectivity index (χ2n) is 6.98. The molecule has 7 nitrogen and oxygen atoms in total. The van der Waals surface area contributed by atoms with Crippen molar-refractivity contribution in [2.75, 3.05) is 46.8 Å². The molecule has 2 saturated heterocycles. The maximum Gasteiger partial charge on any atom is 0.319 e. The Labute approximate surface area is 161 Å². The number of halogens is 1. The number of carbonyl (C=O) groups is 2. The number of nitrogens with zero attached hydrogens (tertiary/aromatic N) is 4. The summed E-state index contributed by atoms with van der Waals surface area (Å²) in [7, 11) is 3.53. The van der Waals surface area contributed by atoms with Crippen molar-refractivity contribution in [1.29, 1.82) is 0 Å². The van der Waals surface area contributed by atoms with Crippen molar-refractivity contribution >= 4 is 24.3 Å². The van der Waals surface area contributed by atoms with E-state index in [1.54, 1.807) is 25.2 Å². The molecule has 0 saturated carbocycles. The Morgan fingerprint density at radius 1 is 1.23 bits per heavy atom. The number of hydrogen-bond acceptors (Lipinski definition) is 4. The minimum Gasteiger partial charge on any atom is -0.333 e. The van der Waals surface area contributed by atoms with Gasteiger partial charge in [0.25, 0.3) is 0 Å². The molecular formula is C18H28ClN5O2. The van der Waals surface area contributed by atoms with Crippen molar-refractivity contribution < 1.29 is 9.59 Å². The lowest BCUT2D eigenvalue weighted by Crippen LogP contribution is -2.52. The molecule has 2 aliphatic rings. The third-order valence-corrected chi connectivity index (χ3v) is 5.09. The Hall–Kier alpha value is -1.86. The van der Waals surface area contributed by atoms with Crippen LogP contribution in [-0.2, 0) is 4.79 Å². The number of nitrogens with one attached hydrogen (secondary N) is 1. The molecule has 144 valence electrons. The molecular weight excluding hydrogens is 354 g/mol. The average molecular weight is 382 g/mol. The molecule has 1 N–H and O–H groups in total. The summed E-state index contributed by atoms with van der Waals surface area (Å²) in [6, 6.07) is 4.01. The van der Waals surface area contributed by atoms with Gasteiger partial charge in [0.15, 0.2) is 0 Å². The van der Waals surface area contributed by atoms with Gasteiger partial charge in [-0.1, -0.05) is 6.07 Å². The Morgan fingerprint density at radius 2 is 1.96 bits per heavy atom. The van der Waals surface area contributed by atoms with Crippen LogP contribution in [0.25, 0.3) is 0 Å². The van der Waals surface area contributed by atoms with Gasteiger partial charge in [0.05, 0.1) is 6.04 Å². The van der Waals surface area contributed by atoms with Crippen LogP contribution in [0.15, 0.2) is 24.5 Å². The quantitative estimate of drug-likeness (QED) is 0.840. The van der Waals surface area contributed by atoms with E-state index in [2.05, 4.69) is 10.3 Å². The van der Waals surface area contributed by atoms with Crippen molar-refractivity contribution in [3.63, 3.8) is 0 Å². The van der Waals surface area contributed by atoms with E-state index >= 15 is 0 Å². The first-order valence-electron chi connectivity index (χ1n) is 8.95.